The van der Waals surface area contributed by atoms with Crippen molar-refractivity contribution in [1.29, 1.82) is 0 Å². The van der Waals surface area contributed by atoms with Crippen molar-refractivity contribution < 1.29 is 19.8 Å². The summed E-state index contributed by atoms with van der Waals surface area (Å²) < 4.78 is 1.80. The van der Waals surface area contributed by atoms with Crippen LogP contribution in [0.25, 0.3) is 10.9 Å². The normalized spacial score (nSPS) is 17.7. The van der Waals surface area contributed by atoms with E-state index in [1.165, 1.54) is 6.07 Å². The summed E-state index contributed by atoms with van der Waals surface area (Å²) in [5, 5.41) is 19.8. The molecule has 134 valence electrons. The van der Waals surface area contributed by atoms with Gasteiger partial charge in [0.2, 0.25) is 0 Å². The molecule has 2 aromatic rings. The fourth-order valence-electron chi connectivity index (χ4n) is 3.59. The van der Waals surface area contributed by atoms with Crippen molar-refractivity contribution in [2.45, 2.75) is 13.0 Å². The lowest BCUT2D eigenvalue weighted by Crippen LogP contribution is -2.49. The van der Waals surface area contributed by atoms with Crippen LogP contribution in [0.3, 0.4) is 0 Å². The maximum Gasteiger partial charge on any atom is 0.335 e. The second-order valence-electron chi connectivity index (χ2n) is 6.44. The quantitative estimate of drug-likeness (QED) is 0.857. The predicted octanol–water partition coefficient (Wildman–Crippen LogP) is 1.64. The summed E-state index contributed by atoms with van der Waals surface area (Å²) in [5.41, 5.74) is 1.64. The van der Waals surface area contributed by atoms with Gasteiger partial charge < -0.3 is 19.7 Å². The number of rotatable bonds is 5. The number of piperazine rings is 1. The van der Waals surface area contributed by atoms with E-state index in [-0.39, 0.29) is 5.56 Å². The Bertz CT molecular complexity index is 806. The highest BCUT2D eigenvalue weighted by Crippen LogP contribution is 2.31. The van der Waals surface area contributed by atoms with Crippen molar-refractivity contribution in [3.63, 3.8) is 0 Å². The van der Waals surface area contributed by atoms with Gasteiger partial charge in [-0.3, -0.25) is 9.69 Å². The highest BCUT2D eigenvalue weighted by molar-refractivity contribution is 5.96. The molecule has 7 nitrogen and oxygen atoms in total. The lowest BCUT2D eigenvalue weighted by atomic mass is 10.0. The topological polar surface area (TPSA) is 86.0 Å². The van der Waals surface area contributed by atoms with Gasteiger partial charge in [-0.1, -0.05) is 13.0 Å². The number of hydrogen-bond donors (Lipinski definition) is 2. The van der Waals surface area contributed by atoms with Crippen LogP contribution in [-0.2, 0) is 11.8 Å². The van der Waals surface area contributed by atoms with E-state index in [0.717, 1.165) is 30.5 Å². The Hall–Kier alpha value is -2.38. The molecule has 1 aromatic carbocycles. The number of aromatic nitrogens is 1. The summed E-state index contributed by atoms with van der Waals surface area (Å²) in [4.78, 5) is 27.5. The fraction of sp³-hybridized carbons (Fsp3) is 0.444. The van der Waals surface area contributed by atoms with Crippen molar-refractivity contribution in [3.8, 4) is 0 Å². The molecule has 0 saturated carbocycles. The van der Waals surface area contributed by atoms with Crippen LogP contribution in [0, 0.1) is 0 Å². The van der Waals surface area contributed by atoms with Gasteiger partial charge in [-0.05, 0) is 18.7 Å². The van der Waals surface area contributed by atoms with Gasteiger partial charge in [0.15, 0.2) is 0 Å². The Labute approximate surface area is 146 Å². The molecular formula is C18H23N3O4. The first-order valence-corrected chi connectivity index (χ1v) is 8.43. The average molecular weight is 345 g/mol. The number of nitrogens with zero attached hydrogens (tertiary/aromatic N) is 3. The van der Waals surface area contributed by atoms with Gasteiger partial charge in [0, 0.05) is 55.9 Å². The van der Waals surface area contributed by atoms with E-state index in [9.17, 15) is 19.8 Å². The first-order chi connectivity index (χ1) is 11.9. The lowest BCUT2D eigenvalue weighted by Gasteiger charge is -2.37. The van der Waals surface area contributed by atoms with Crippen LogP contribution in [0.2, 0.25) is 0 Å². The molecule has 1 atom stereocenters. The zero-order chi connectivity index (χ0) is 18.1. The Morgan fingerprint density at radius 2 is 1.84 bits per heavy atom. The summed E-state index contributed by atoms with van der Waals surface area (Å²) in [6.07, 6.45) is 1.81. The molecule has 7 heteroatoms. The van der Waals surface area contributed by atoms with Crippen LogP contribution >= 0.6 is 0 Å². The predicted molar refractivity (Wildman–Crippen MR) is 93.9 cm³/mol. The van der Waals surface area contributed by atoms with E-state index in [0.29, 0.717) is 18.7 Å². The molecule has 3 rings (SSSR count). The fourth-order valence-corrected chi connectivity index (χ4v) is 3.59. The zero-order valence-corrected chi connectivity index (χ0v) is 14.5. The van der Waals surface area contributed by atoms with E-state index in [1.54, 1.807) is 22.9 Å². The first-order valence-electron chi connectivity index (χ1n) is 8.43. The summed E-state index contributed by atoms with van der Waals surface area (Å²) >= 11 is 0. The molecule has 1 unspecified atom stereocenters. The number of aryl methyl sites for hydroxylation is 1. The smallest absolute Gasteiger partial charge is 0.335 e. The lowest BCUT2D eigenvalue weighted by molar-refractivity contribution is -0.144. The van der Waals surface area contributed by atoms with Crippen LogP contribution in [0.15, 0.2) is 24.4 Å². The highest BCUT2D eigenvalue weighted by Gasteiger charge is 2.32. The van der Waals surface area contributed by atoms with E-state index >= 15 is 0 Å². The summed E-state index contributed by atoms with van der Waals surface area (Å²) in [5.74, 6) is -1.87. The van der Waals surface area contributed by atoms with Crippen molar-refractivity contribution in [1.82, 2.24) is 14.4 Å². The van der Waals surface area contributed by atoms with Gasteiger partial charge >= 0.3 is 11.9 Å². The van der Waals surface area contributed by atoms with Gasteiger partial charge in [-0.2, -0.15) is 0 Å². The number of likely N-dealkylation sites (N-methyl/N-ethyl adjacent to an activating group) is 1. The highest BCUT2D eigenvalue weighted by atomic mass is 16.4. The van der Waals surface area contributed by atoms with Crippen molar-refractivity contribution in [2.75, 3.05) is 32.7 Å². The van der Waals surface area contributed by atoms with Gasteiger partial charge in [0.05, 0.1) is 5.56 Å². The van der Waals surface area contributed by atoms with Crippen LogP contribution in [0.5, 0.6) is 0 Å². The minimum absolute atomic E-state index is 0.198. The van der Waals surface area contributed by atoms with Crippen LogP contribution in [0.4, 0.5) is 0 Å². The molecule has 2 N–H and O–H groups in total. The molecular weight excluding hydrogens is 322 g/mol. The van der Waals surface area contributed by atoms with Gasteiger partial charge in [0.25, 0.3) is 0 Å². The number of carboxylic acids is 2. The Morgan fingerprint density at radius 1 is 1.16 bits per heavy atom. The molecule has 0 spiro atoms. The Morgan fingerprint density at radius 3 is 2.40 bits per heavy atom. The van der Waals surface area contributed by atoms with E-state index in [4.69, 9.17) is 0 Å². The van der Waals surface area contributed by atoms with E-state index in [2.05, 4.69) is 11.8 Å². The molecule has 1 aromatic heterocycles. The first kappa shape index (κ1) is 17.4. The van der Waals surface area contributed by atoms with Gasteiger partial charge in [-0.25, -0.2) is 4.79 Å². The monoisotopic (exact) mass is 345 g/mol. The Balaban J connectivity index is 2.00. The number of aliphatic carboxylic acids is 1. The number of carbonyl (C=O) groups is 2. The van der Waals surface area contributed by atoms with Gasteiger partial charge in [0.1, 0.15) is 6.04 Å². The summed E-state index contributed by atoms with van der Waals surface area (Å²) in [6.45, 7) is 6.19. The minimum atomic E-state index is -0.991. The molecule has 0 aliphatic carbocycles. The molecule has 0 radical (unpaired) electrons. The maximum absolute atomic E-state index is 12.0. The molecule has 0 bridgehead atoms. The number of hydrogen-bond acceptors (Lipinski definition) is 4. The SMILES string of the molecule is CCN1CCN(C(C(=O)O)c2cn(C)c3cc(C(=O)O)ccc23)CC1. The largest absolute Gasteiger partial charge is 0.480 e. The van der Waals surface area contributed by atoms with Crippen molar-refractivity contribution in [2.24, 2.45) is 7.05 Å². The Kier molecular flexibility index (Phi) is 4.78. The van der Waals surface area contributed by atoms with E-state index < -0.39 is 18.0 Å². The second kappa shape index (κ2) is 6.85. The zero-order valence-electron chi connectivity index (χ0n) is 14.5. The van der Waals surface area contributed by atoms with Gasteiger partial charge in [-0.15, -0.1) is 0 Å². The molecule has 1 aliphatic heterocycles. The third-order valence-electron chi connectivity index (χ3n) is 5.02. The van der Waals surface area contributed by atoms with Crippen molar-refractivity contribution in [3.05, 3.63) is 35.5 Å². The molecule has 2 heterocycles. The number of fused-ring (bicyclic) bond motifs is 1. The van der Waals surface area contributed by atoms with Crippen molar-refractivity contribution >= 4 is 22.8 Å². The average Bonchev–Trinajstić information content (AvgIpc) is 2.91. The standard InChI is InChI=1S/C18H23N3O4/c1-3-20-6-8-21(9-7-20)16(18(24)25)14-11-19(2)15-10-12(17(22)23)4-5-13(14)15/h4-5,10-11,16H,3,6-9H2,1-2H3,(H,22,23)(H,24,25). The number of benzene rings is 1. The molecule has 25 heavy (non-hydrogen) atoms. The summed E-state index contributed by atoms with van der Waals surface area (Å²) in [6, 6.07) is 4.11. The second-order valence-corrected chi connectivity index (χ2v) is 6.44. The van der Waals surface area contributed by atoms with Crippen LogP contribution in [-0.4, -0.2) is 69.2 Å². The molecule has 1 saturated heterocycles. The van der Waals surface area contributed by atoms with Crippen LogP contribution in [0.1, 0.15) is 28.9 Å². The summed E-state index contributed by atoms with van der Waals surface area (Å²) in [7, 11) is 1.81. The third-order valence-corrected chi connectivity index (χ3v) is 5.02. The molecule has 1 aliphatic rings. The maximum atomic E-state index is 12.0. The van der Waals surface area contributed by atoms with Crippen LogP contribution < -0.4 is 0 Å². The van der Waals surface area contributed by atoms with E-state index in [1.807, 2.05) is 11.9 Å². The molecule has 0 amide bonds. The third kappa shape index (κ3) is 3.25. The minimum Gasteiger partial charge on any atom is -0.480 e. The molecule has 1 fully saturated rings. The number of carboxylic acid groups (broad SMARTS) is 2. The number of aromatic carboxylic acids is 1.